The van der Waals surface area contributed by atoms with Gasteiger partial charge in [0.1, 0.15) is 6.54 Å². The van der Waals surface area contributed by atoms with Gasteiger partial charge in [-0.2, -0.15) is 12.3 Å². The third-order valence-corrected chi connectivity index (χ3v) is 4.11. The largest absolute Gasteiger partial charge is 1.00 e. The van der Waals surface area contributed by atoms with Gasteiger partial charge in [0, 0.05) is 0 Å². The van der Waals surface area contributed by atoms with E-state index < -0.39 is 22.5 Å². The Hall–Kier alpha value is 1.02. The van der Waals surface area contributed by atoms with Gasteiger partial charge in [0.25, 0.3) is 0 Å². The van der Waals surface area contributed by atoms with Crippen molar-refractivity contribution in [2.75, 3.05) is 19.0 Å². The Bertz CT molecular complexity index is 302. The van der Waals surface area contributed by atoms with Gasteiger partial charge in [0.15, 0.2) is 0 Å². The van der Waals surface area contributed by atoms with Crippen LogP contribution in [0.4, 0.5) is 0 Å². The van der Waals surface area contributed by atoms with E-state index in [1.165, 1.54) is 0 Å². The first-order valence-electron chi connectivity index (χ1n) is 3.72. The summed E-state index contributed by atoms with van der Waals surface area (Å²) in [4.78, 5) is 10.2. The number of quaternary nitrogens is 1. The van der Waals surface area contributed by atoms with Gasteiger partial charge in [-0.3, -0.25) is 0 Å². The number of carboxylic acids is 1. The first-order chi connectivity index (χ1) is 5.43. The van der Waals surface area contributed by atoms with E-state index in [-0.39, 0.29) is 61.1 Å². The van der Waals surface area contributed by atoms with Gasteiger partial charge < -0.3 is 9.90 Å². The van der Waals surface area contributed by atoms with Gasteiger partial charge in [0.2, 0.25) is 5.88 Å². The van der Waals surface area contributed by atoms with Crippen LogP contribution in [-0.4, -0.2) is 37.2 Å². The number of rotatable bonds is 4. The van der Waals surface area contributed by atoms with Crippen LogP contribution in [0.25, 0.3) is 0 Å². The zero-order valence-electron chi connectivity index (χ0n) is 7.82. The van der Waals surface area contributed by atoms with Crippen LogP contribution in [0.5, 0.6) is 0 Å². The predicted molar refractivity (Wildman–Crippen MR) is 39.1 cm³/mol. The fourth-order valence-corrected chi connectivity index (χ4v) is 3.13. The summed E-state index contributed by atoms with van der Waals surface area (Å²) in [7, 11) is -3.16. The summed E-state index contributed by atoms with van der Waals surface area (Å²) < 4.78 is 21.7. The second-order valence-electron chi connectivity index (χ2n) is 3.02. The van der Waals surface area contributed by atoms with E-state index in [2.05, 4.69) is 0 Å². The number of carboxylic acid groups (broad SMARTS) is 1. The van der Waals surface area contributed by atoms with Crippen LogP contribution >= 0.6 is 0 Å². The van der Waals surface area contributed by atoms with Crippen molar-refractivity contribution in [3.63, 3.8) is 0 Å². The maximum absolute atomic E-state index is 11.0. The molecule has 0 N–H and O–H groups in total. The summed E-state index contributed by atoms with van der Waals surface area (Å²) in [5.74, 6) is -1.35. The minimum atomic E-state index is -3.16. The maximum atomic E-state index is 11.0. The van der Waals surface area contributed by atoms with E-state index in [1.54, 1.807) is 0 Å². The Kier molecular flexibility index (Phi) is 5.06. The first kappa shape index (κ1) is 14.0. The van der Waals surface area contributed by atoms with Gasteiger partial charge in [-0.1, -0.05) is 6.92 Å². The van der Waals surface area contributed by atoms with Crippen molar-refractivity contribution in [3.8, 4) is 0 Å². The van der Waals surface area contributed by atoms with Crippen molar-refractivity contribution in [1.29, 1.82) is 0 Å². The summed E-state index contributed by atoms with van der Waals surface area (Å²) in [6.07, 6.45) is 0.659. The summed E-state index contributed by atoms with van der Waals surface area (Å²) in [5.41, 5.74) is 0. The Morgan fingerprint density at radius 1 is 1.54 bits per heavy atom. The molecule has 0 spiro atoms. The number of carbonyl (C=O) groups excluding carboxylic acids is 1. The maximum Gasteiger partial charge on any atom is 1.00 e. The van der Waals surface area contributed by atoms with E-state index in [1.807, 2.05) is 6.92 Å². The minimum Gasteiger partial charge on any atom is -0.544 e. The Morgan fingerprint density at radius 2 is 2.00 bits per heavy atom. The number of sulfonamides is 1. The van der Waals surface area contributed by atoms with Crippen LogP contribution < -0.4 is 56.5 Å². The molecule has 1 aliphatic heterocycles. The molecule has 1 fully saturated rings. The van der Waals surface area contributed by atoms with Crippen molar-refractivity contribution in [1.82, 2.24) is 0 Å². The van der Waals surface area contributed by atoms with Crippen LogP contribution in [0, 0.1) is 0 Å². The zero-order chi connectivity index (χ0) is 9.41. The van der Waals surface area contributed by atoms with Gasteiger partial charge >= 0.3 is 61.4 Å². The summed E-state index contributed by atoms with van der Waals surface area (Å²) in [6, 6.07) is 0. The molecule has 70 valence electrons. The number of hydrogen-bond acceptors (Lipinski definition) is 4. The topological polar surface area (TPSA) is 74.3 Å². The van der Waals surface area contributed by atoms with Crippen LogP contribution in [0.1, 0.15) is 13.3 Å². The van der Waals surface area contributed by atoms with Crippen molar-refractivity contribution >= 4 is 16.0 Å². The molecule has 13 heavy (non-hydrogen) atoms. The van der Waals surface area contributed by atoms with E-state index in [9.17, 15) is 18.3 Å². The average Bonchev–Trinajstić information content (AvgIpc) is 2.31. The van der Waals surface area contributed by atoms with Crippen LogP contribution in [0.2, 0.25) is 0 Å². The van der Waals surface area contributed by atoms with E-state index in [0.29, 0.717) is 13.0 Å². The van der Waals surface area contributed by atoms with E-state index >= 15 is 0 Å². The van der Waals surface area contributed by atoms with E-state index in [4.69, 9.17) is 0 Å². The molecule has 7 heteroatoms. The SMILES string of the molecule is CCC[N+]1(CC(=O)[O-])CS1(=O)=O.[K+]. The summed E-state index contributed by atoms with van der Waals surface area (Å²) in [6.45, 7) is 1.79. The standard InChI is InChI=1S/C6H11NO4S.K/c1-2-3-7(4-6(8)9)5-12(7,10)11;/h2-5H2,1H3;/q;+1. The quantitative estimate of drug-likeness (QED) is 0.277. The van der Waals surface area contributed by atoms with Crippen molar-refractivity contribution in [3.05, 3.63) is 0 Å². The fourth-order valence-electron chi connectivity index (χ4n) is 1.34. The third-order valence-electron chi connectivity index (χ3n) is 1.96. The van der Waals surface area contributed by atoms with Crippen molar-refractivity contribution < 1.29 is 73.6 Å². The molecule has 1 rings (SSSR count). The molecular weight excluding hydrogens is 221 g/mol. The summed E-state index contributed by atoms with van der Waals surface area (Å²) >= 11 is 0. The monoisotopic (exact) mass is 232 g/mol. The van der Waals surface area contributed by atoms with Gasteiger partial charge in [-0.25, -0.2) is 0 Å². The molecule has 1 heterocycles. The number of aliphatic carboxylic acids is 1. The number of hydrogen-bond donors (Lipinski definition) is 0. The second kappa shape index (κ2) is 4.69. The molecule has 1 unspecified atom stereocenters. The van der Waals surface area contributed by atoms with Crippen molar-refractivity contribution in [2.24, 2.45) is 0 Å². The predicted octanol–water partition coefficient (Wildman–Crippen LogP) is -4.73. The molecule has 0 amide bonds. The Labute approximate surface area is 120 Å². The summed E-state index contributed by atoms with van der Waals surface area (Å²) in [5, 5.41) is 10.2. The molecule has 0 aliphatic carbocycles. The van der Waals surface area contributed by atoms with Crippen LogP contribution in [0.15, 0.2) is 0 Å². The second-order valence-corrected chi connectivity index (χ2v) is 5.22. The molecule has 0 radical (unpaired) electrons. The minimum absolute atomic E-state index is 0. The Morgan fingerprint density at radius 3 is 2.23 bits per heavy atom. The molecule has 0 aromatic rings. The molecule has 1 atom stereocenters. The van der Waals surface area contributed by atoms with Gasteiger partial charge in [-0.15, -0.1) is 0 Å². The molecular formula is C6H11KNO4S+. The van der Waals surface area contributed by atoms with Crippen LogP contribution in [-0.2, 0) is 14.8 Å². The smallest absolute Gasteiger partial charge is 0.544 e. The molecule has 1 saturated heterocycles. The third kappa shape index (κ3) is 2.98. The molecule has 0 aromatic heterocycles. The molecule has 1 aliphatic rings. The fraction of sp³-hybridized carbons (Fsp3) is 0.833. The molecule has 5 nitrogen and oxygen atoms in total. The number of nitrogens with zero attached hydrogens (tertiary/aromatic N) is 1. The van der Waals surface area contributed by atoms with E-state index in [0.717, 1.165) is 0 Å². The van der Waals surface area contributed by atoms with Gasteiger partial charge in [-0.05, 0) is 6.42 Å². The molecule has 0 bridgehead atoms. The Balaban J connectivity index is 0.00000144. The zero-order valence-corrected chi connectivity index (χ0v) is 11.8. The van der Waals surface area contributed by atoms with Crippen LogP contribution in [0.3, 0.4) is 0 Å². The number of carbonyl (C=O) groups is 1. The first-order valence-corrected chi connectivity index (χ1v) is 5.33. The normalized spacial score (nSPS) is 29.0. The average molecular weight is 232 g/mol. The molecule has 0 aromatic carbocycles. The molecule has 0 saturated carbocycles. The van der Waals surface area contributed by atoms with Gasteiger partial charge in [0.05, 0.1) is 12.5 Å². The van der Waals surface area contributed by atoms with Crippen molar-refractivity contribution in [2.45, 2.75) is 13.3 Å².